The second-order valence-electron chi connectivity index (χ2n) is 18.7. The summed E-state index contributed by atoms with van der Waals surface area (Å²) in [5.74, 6) is 0. The lowest BCUT2D eigenvalue weighted by atomic mass is 9.33. The van der Waals surface area contributed by atoms with Crippen molar-refractivity contribution in [3.8, 4) is 22.5 Å². The molecule has 4 heterocycles. The number of fused-ring (bicyclic) bond motifs is 10. The van der Waals surface area contributed by atoms with Gasteiger partial charge in [-0.05, 0) is 156 Å². The Morgan fingerprint density at radius 1 is 0.324 bits per heavy atom. The topological polar surface area (TPSA) is 16.3 Å². The van der Waals surface area contributed by atoms with Crippen molar-refractivity contribution in [1.82, 2.24) is 9.13 Å². The second kappa shape index (κ2) is 14.7. The summed E-state index contributed by atoms with van der Waals surface area (Å²) < 4.78 is 4.93. The number of aromatic nitrogens is 2. The molecular weight excluding hydrogens is 824 g/mol. The Balaban J connectivity index is 1.12. The summed E-state index contributed by atoms with van der Waals surface area (Å²) in [7, 11) is 0. The predicted molar refractivity (Wildman–Crippen MR) is 289 cm³/mol. The molecule has 0 bridgehead atoms. The lowest BCUT2D eigenvalue weighted by molar-refractivity contribution is 1.17. The largest absolute Gasteiger partial charge is 0.311 e. The van der Waals surface area contributed by atoms with Crippen LogP contribution in [0.4, 0.5) is 34.1 Å². The minimum absolute atomic E-state index is 0.111. The van der Waals surface area contributed by atoms with Gasteiger partial charge in [0.15, 0.2) is 0 Å². The highest BCUT2D eigenvalue weighted by molar-refractivity contribution is 7.00. The molecule has 0 saturated carbocycles. The summed E-state index contributed by atoms with van der Waals surface area (Å²) >= 11 is 0. The molecule has 2 aliphatic rings. The smallest absolute Gasteiger partial charge is 0.252 e. The number of hydrogen-bond donors (Lipinski definition) is 0. The van der Waals surface area contributed by atoms with Gasteiger partial charge >= 0.3 is 0 Å². The lowest BCUT2D eigenvalue weighted by Crippen LogP contribution is -2.61. The molecule has 12 aromatic rings. The fourth-order valence-electron chi connectivity index (χ4n) is 12.2. The normalized spacial score (nSPS) is 12.8. The number of para-hydroxylation sites is 6. The summed E-state index contributed by atoms with van der Waals surface area (Å²) in [5.41, 5.74) is 24.3. The first-order valence-electron chi connectivity index (χ1n) is 23.7. The van der Waals surface area contributed by atoms with Gasteiger partial charge in [-0.3, -0.25) is 0 Å². The van der Waals surface area contributed by atoms with E-state index in [2.05, 4.69) is 258 Å². The minimum Gasteiger partial charge on any atom is -0.311 e. The monoisotopic (exact) mass is 868 g/mol. The van der Waals surface area contributed by atoms with Gasteiger partial charge in [-0.15, -0.1) is 0 Å². The Bertz CT molecular complexity index is 3670. The maximum absolute atomic E-state index is 2.54. The van der Waals surface area contributed by atoms with Gasteiger partial charge in [-0.1, -0.05) is 127 Å². The van der Waals surface area contributed by atoms with Crippen LogP contribution in [0, 0.1) is 20.8 Å². The number of aryl methyl sites for hydroxylation is 3. The van der Waals surface area contributed by atoms with E-state index in [9.17, 15) is 0 Å². The zero-order valence-electron chi connectivity index (χ0n) is 38.2. The Morgan fingerprint density at radius 3 is 1.09 bits per heavy atom. The molecule has 0 spiro atoms. The first-order chi connectivity index (χ1) is 33.5. The molecule has 0 saturated heterocycles. The molecule has 0 radical (unpaired) electrons. The molecule has 320 valence electrons. The first kappa shape index (κ1) is 38.7. The van der Waals surface area contributed by atoms with Crippen LogP contribution in [0.1, 0.15) is 16.7 Å². The lowest BCUT2D eigenvalue weighted by Gasteiger charge is -2.44. The standard InChI is InChI=1S/C63H45BN4/c1-40-34-41(2)62(42(3)35-40)43-36-60-63-61(37-43)66(45-20-8-5-9-21-45)59-33-31-47(68-56-28-16-12-24-50(56)51-25-13-17-29-57(51)68)39-53(59)64(63)52-38-46(30-32-58(52)65(60)44-18-6-4-7-19-44)67-54-26-14-10-22-48(54)49-23-11-15-27-55(49)67/h4-39H,1-3H3. The third kappa shape index (κ3) is 5.56. The van der Waals surface area contributed by atoms with Crippen LogP contribution < -0.4 is 26.2 Å². The highest BCUT2D eigenvalue weighted by atomic mass is 15.2. The molecule has 0 fully saturated rings. The van der Waals surface area contributed by atoms with E-state index in [0.717, 1.165) is 22.7 Å². The van der Waals surface area contributed by atoms with Crippen LogP contribution >= 0.6 is 0 Å². The molecule has 14 rings (SSSR count). The molecule has 2 aliphatic heterocycles. The van der Waals surface area contributed by atoms with Gasteiger partial charge < -0.3 is 18.9 Å². The van der Waals surface area contributed by atoms with E-state index >= 15 is 0 Å². The number of rotatable bonds is 5. The predicted octanol–water partition coefficient (Wildman–Crippen LogP) is 14.6. The van der Waals surface area contributed by atoms with Crippen LogP contribution in [0.5, 0.6) is 0 Å². The summed E-state index contributed by atoms with van der Waals surface area (Å²) in [4.78, 5) is 5.07. The first-order valence-corrected chi connectivity index (χ1v) is 23.7. The average Bonchev–Trinajstić information content (AvgIpc) is 3.89. The van der Waals surface area contributed by atoms with Gasteiger partial charge in [-0.2, -0.15) is 0 Å². The summed E-state index contributed by atoms with van der Waals surface area (Å²) in [5, 5.41) is 5.02. The van der Waals surface area contributed by atoms with Gasteiger partial charge in [0.25, 0.3) is 6.71 Å². The van der Waals surface area contributed by atoms with E-state index in [-0.39, 0.29) is 6.71 Å². The van der Waals surface area contributed by atoms with Gasteiger partial charge in [0.1, 0.15) is 0 Å². The third-order valence-corrected chi connectivity index (χ3v) is 14.7. The van der Waals surface area contributed by atoms with Crippen LogP contribution in [0.25, 0.3) is 66.1 Å². The number of benzene rings is 10. The SMILES string of the molecule is Cc1cc(C)c(-c2cc3c4c(c2)N(c2ccccc2)c2ccc(-n5c6ccccc6c6ccccc65)cc2B4c2cc(-n4c5ccccc5c5ccccc54)ccc2N3c2ccccc2)c(C)c1. The van der Waals surface area contributed by atoms with Crippen LogP contribution in [-0.4, -0.2) is 15.8 Å². The molecule has 5 heteroatoms. The van der Waals surface area contributed by atoms with Crippen molar-refractivity contribution in [3.05, 3.63) is 235 Å². The Labute approximate surface area is 396 Å². The summed E-state index contributed by atoms with van der Waals surface area (Å²) in [6, 6.07) is 81.4. The van der Waals surface area contributed by atoms with Gasteiger partial charge in [-0.25, -0.2) is 0 Å². The average molecular weight is 869 g/mol. The van der Waals surface area contributed by atoms with Crippen molar-refractivity contribution in [1.29, 1.82) is 0 Å². The highest BCUT2D eigenvalue weighted by Crippen LogP contribution is 2.48. The fourth-order valence-corrected chi connectivity index (χ4v) is 12.2. The summed E-state index contributed by atoms with van der Waals surface area (Å²) in [6.45, 7) is 6.63. The van der Waals surface area contributed by atoms with Crippen molar-refractivity contribution in [2.45, 2.75) is 20.8 Å². The van der Waals surface area contributed by atoms with Crippen molar-refractivity contribution in [2.75, 3.05) is 9.80 Å². The van der Waals surface area contributed by atoms with Gasteiger partial charge in [0.2, 0.25) is 0 Å². The van der Waals surface area contributed by atoms with E-state index in [1.807, 2.05) is 0 Å². The van der Waals surface area contributed by atoms with Crippen molar-refractivity contribution in [2.24, 2.45) is 0 Å². The van der Waals surface area contributed by atoms with Gasteiger partial charge in [0.05, 0.1) is 22.1 Å². The molecule has 0 unspecified atom stereocenters. The maximum Gasteiger partial charge on any atom is 0.252 e. The zero-order valence-corrected chi connectivity index (χ0v) is 38.2. The Hall–Kier alpha value is -8.54. The molecular formula is C63H45BN4. The zero-order chi connectivity index (χ0) is 45.2. The number of hydrogen-bond acceptors (Lipinski definition) is 2. The van der Waals surface area contributed by atoms with Crippen LogP contribution in [0.3, 0.4) is 0 Å². The Kier molecular flexibility index (Phi) is 8.39. The number of anilines is 6. The second-order valence-corrected chi connectivity index (χ2v) is 18.7. The fraction of sp³-hybridized carbons (Fsp3) is 0.0476. The number of nitrogens with zero attached hydrogens (tertiary/aromatic N) is 4. The quantitative estimate of drug-likeness (QED) is 0.160. The molecule has 10 aromatic carbocycles. The van der Waals surface area contributed by atoms with E-state index in [1.54, 1.807) is 0 Å². The molecule has 0 aliphatic carbocycles. The van der Waals surface area contributed by atoms with Crippen molar-refractivity contribution < 1.29 is 0 Å². The van der Waals surface area contributed by atoms with Crippen molar-refractivity contribution >= 4 is 101 Å². The van der Waals surface area contributed by atoms with E-state index in [1.165, 1.54) is 111 Å². The molecule has 4 nitrogen and oxygen atoms in total. The summed E-state index contributed by atoms with van der Waals surface area (Å²) in [6.07, 6.45) is 0. The van der Waals surface area contributed by atoms with E-state index in [4.69, 9.17) is 0 Å². The third-order valence-electron chi connectivity index (χ3n) is 14.7. The highest BCUT2D eigenvalue weighted by Gasteiger charge is 2.44. The Morgan fingerprint density at radius 2 is 0.691 bits per heavy atom. The molecule has 68 heavy (non-hydrogen) atoms. The molecule has 0 amide bonds. The molecule has 2 aromatic heterocycles. The van der Waals surface area contributed by atoms with Gasteiger partial charge in [0, 0.05) is 67.0 Å². The molecule has 0 N–H and O–H groups in total. The van der Waals surface area contributed by atoms with E-state index < -0.39 is 0 Å². The van der Waals surface area contributed by atoms with Crippen molar-refractivity contribution in [3.63, 3.8) is 0 Å². The van der Waals surface area contributed by atoms with Crippen LogP contribution in [0.15, 0.2) is 218 Å². The minimum atomic E-state index is -0.111. The van der Waals surface area contributed by atoms with Crippen LogP contribution in [0.2, 0.25) is 0 Å². The molecule has 0 atom stereocenters. The maximum atomic E-state index is 2.54. The van der Waals surface area contributed by atoms with Crippen LogP contribution in [-0.2, 0) is 0 Å². The van der Waals surface area contributed by atoms with E-state index in [0.29, 0.717) is 0 Å².